The van der Waals surface area contributed by atoms with E-state index in [-0.39, 0.29) is 5.82 Å². The van der Waals surface area contributed by atoms with Gasteiger partial charge in [0.1, 0.15) is 23.3 Å². The number of halogens is 2. The van der Waals surface area contributed by atoms with Crippen LogP contribution >= 0.6 is 15.9 Å². The summed E-state index contributed by atoms with van der Waals surface area (Å²) in [5.41, 5.74) is 7.48. The summed E-state index contributed by atoms with van der Waals surface area (Å²) in [7, 11) is 0. The molecule has 1 aliphatic rings. The molecule has 104 valence electrons. The highest BCUT2D eigenvalue weighted by atomic mass is 79.9. The molecular weight excluding hydrogens is 323 g/mol. The second-order valence-corrected chi connectivity index (χ2v) is 5.82. The van der Waals surface area contributed by atoms with Crippen molar-refractivity contribution in [3.8, 4) is 0 Å². The Hall–Kier alpha value is -1.69. The Kier molecular flexibility index (Phi) is 3.33. The maximum absolute atomic E-state index is 13.1. The van der Waals surface area contributed by atoms with Crippen LogP contribution < -0.4 is 11.1 Å². The van der Waals surface area contributed by atoms with Crippen molar-refractivity contribution in [1.82, 2.24) is 9.97 Å². The van der Waals surface area contributed by atoms with Crippen LogP contribution in [0, 0.1) is 12.7 Å². The van der Waals surface area contributed by atoms with Crippen LogP contribution in [0.15, 0.2) is 22.7 Å². The third-order valence-electron chi connectivity index (χ3n) is 3.33. The molecule has 0 bridgehead atoms. The van der Waals surface area contributed by atoms with Crippen LogP contribution in [0.25, 0.3) is 0 Å². The maximum atomic E-state index is 13.1. The smallest absolute Gasteiger partial charge is 0.139 e. The van der Waals surface area contributed by atoms with Crippen molar-refractivity contribution in [1.29, 1.82) is 0 Å². The first kappa shape index (κ1) is 13.3. The molecule has 20 heavy (non-hydrogen) atoms. The van der Waals surface area contributed by atoms with Crippen LogP contribution in [-0.4, -0.2) is 9.97 Å². The molecule has 4 nitrogen and oxygen atoms in total. The monoisotopic (exact) mass is 336 g/mol. The van der Waals surface area contributed by atoms with Gasteiger partial charge in [-0.05, 0) is 53.9 Å². The van der Waals surface area contributed by atoms with E-state index in [1.54, 1.807) is 6.07 Å². The minimum absolute atomic E-state index is 0.292. The van der Waals surface area contributed by atoms with Crippen molar-refractivity contribution in [2.45, 2.75) is 25.7 Å². The minimum atomic E-state index is -0.292. The summed E-state index contributed by atoms with van der Waals surface area (Å²) < 4.78 is 13.7. The molecule has 0 aliphatic heterocycles. The molecule has 1 heterocycles. The standard InChI is InChI=1S/C14H14BrFN4/c1-7-12(17)19-14(8-2-3-8)20-13(7)18-11-5-4-9(16)6-10(11)15/h4-6,8H,2-3H2,1H3,(H3,17,18,19,20). The molecule has 0 unspecified atom stereocenters. The highest BCUT2D eigenvalue weighted by Crippen LogP contribution is 2.39. The first-order valence-electron chi connectivity index (χ1n) is 6.40. The van der Waals surface area contributed by atoms with Crippen molar-refractivity contribution in [3.05, 3.63) is 39.9 Å². The first-order chi connectivity index (χ1) is 9.54. The summed E-state index contributed by atoms with van der Waals surface area (Å²) in [4.78, 5) is 8.87. The van der Waals surface area contributed by atoms with Crippen molar-refractivity contribution in [3.63, 3.8) is 0 Å². The third kappa shape index (κ3) is 2.60. The summed E-state index contributed by atoms with van der Waals surface area (Å²) in [6.45, 7) is 1.87. The number of nitrogens with two attached hydrogens (primary N) is 1. The SMILES string of the molecule is Cc1c(N)nc(C2CC2)nc1Nc1ccc(F)cc1Br. The fraction of sp³-hybridized carbons (Fsp3) is 0.286. The van der Waals surface area contributed by atoms with E-state index < -0.39 is 0 Å². The lowest BCUT2D eigenvalue weighted by Crippen LogP contribution is -2.06. The number of benzene rings is 1. The van der Waals surface area contributed by atoms with Gasteiger partial charge >= 0.3 is 0 Å². The van der Waals surface area contributed by atoms with Gasteiger partial charge in [0.2, 0.25) is 0 Å². The Morgan fingerprint density at radius 2 is 2.10 bits per heavy atom. The molecule has 6 heteroatoms. The van der Waals surface area contributed by atoms with Gasteiger partial charge in [0.15, 0.2) is 0 Å². The van der Waals surface area contributed by atoms with Gasteiger partial charge in [0, 0.05) is 16.0 Å². The lowest BCUT2D eigenvalue weighted by Gasteiger charge is -2.13. The Morgan fingerprint density at radius 3 is 2.75 bits per heavy atom. The number of hydrogen-bond acceptors (Lipinski definition) is 4. The highest BCUT2D eigenvalue weighted by molar-refractivity contribution is 9.10. The third-order valence-corrected chi connectivity index (χ3v) is 3.98. The van der Waals surface area contributed by atoms with Gasteiger partial charge in [-0.1, -0.05) is 0 Å². The van der Waals surface area contributed by atoms with E-state index in [1.165, 1.54) is 12.1 Å². The van der Waals surface area contributed by atoms with E-state index in [4.69, 9.17) is 5.73 Å². The van der Waals surface area contributed by atoms with Gasteiger partial charge in [-0.25, -0.2) is 14.4 Å². The van der Waals surface area contributed by atoms with Gasteiger partial charge < -0.3 is 11.1 Å². The molecule has 1 aliphatic carbocycles. The van der Waals surface area contributed by atoms with Crippen molar-refractivity contribution in [2.75, 3.05) is 11.1 Å². The number of anilines is 3. The van der Waals surface area contributed by atoms with E-state index in [0.29, 0.717) is 22.0 Å². The van der Waals surface area contributed by atoms with E-state index in [9.17, 15) is 4.39 Å². The molecule has 0 saturated heterocycles. The molecule has 3 rings (SSSR count). The van der Waals surface area contributed by atoms with Crippen molar-refractivity contribution >= 4 is 33.3 Å². The minimum Gasteiger partial charge on any atom is -0.383 e. The summed E-state index contributed by atoms with van der Waals surface area (Å²) in [6.07, 6.45) is 2.23. The molecule has 2 aromatic rings. The summed E-state index contributed by atoms with van der Waals surface area (Å²) in [5.74, 6) is 2.08. The van der Waals surface area contributed by atoms with Crippen LogP contribution in [0.5, 0.6) is 0 Å². The number of rotatable bonds is 3. The Balaban J connectivity index is 1.97. The lowest BCUT2D eigenvalue weighted by atomic mass is 10.2. The summed E-state index contributed by atoms with van der Waals surface area (Å²) in [5, 5.41) is 3.19. The van der Waals surface area contributed by atoms with Gasteiger partial charge in [0.05, 0.1) is 5.69 Å². The summed E-state index contributed by atoms with van der Waals surface area (Å²) >= 11 is 3.33. The van der Waals surface area contributed by atoms with E-state index in [1.807, 2.05) is 6.92 Å². The quantitative estimate of drug-likeness (QED) is 0.892. The van der Waals surface area contributed by atoms with E-state index >= 15 is 0 Å². The van der Waals surface area contributed by atoms with Crippen LogP contribution in [0.3, 0.4) is 0 Å². The highest BCUT2D eigenvalue weighted by Gasteiger charge is 2.28. The van der Waals surface area contributed by atoms with Crippen molar-refractivity contribution < 1.29 is 4.39 Å². The normalized spacial score (nSPS) is 14.3. The Morgan fingerprint density at radius 1 is 1.35 bits per heavy atom. The first-order valence-corrected chi connectivity index (χ1v) is 7.20. The fourth-order valence-electron chi connectivity index (χ4n) is 1.92. The Labute approximate surface area is 124 Å². The average molecular weight is 337 g/mol. The average Bonchev–Trinajstić information content (AvgIpc) is 3.22. The van der Waals surface area contributed by atoms with Crippen LogP contribution in [0.1, 0.15) is 30.1 Å². The summed E-state index contributed by atoms with van der Waals surface area (Å²) in [6, 6.07) is 4.47. The number of hydrogen-bond donors (Lipinski definition) is 2. The van der Waals surface area contributed by atoms with Crippen LogP contribution in [0.4, 0.5) is 21.7 Å². The number of aromatic nitrogens is 2. The largest absolute Gasteiger partial charge is 0.383 e. The number of nitrogen functional groups attached to an aromatic ring is 1. The lowest BCUT2D eigenvalue weighted by molar-refractivity contribution is 0.627. The molecule has 1 saturated carbocycles. The maximum Gasteiger partial charge on any atom is 0.139 e. The van der Waals surface area contributed by atoms with Crippen LogP contribution in [-0.2, 0) is 0 Å². The van der Waals surface area contributed by atoms with Gasteiger partial charge in [-0.15, -0.1) is 0 Å². The van der Waals surface area contributed by atoms with Crippen molar-refractivity contribution in [2.24, 2.45) is 0 Å². The molecule has 3 N–H and O–H groups in total. The predicted octanol–water partition coefficient (Wildman–Crippen LogP) is 3.89. The zero-order valence-corrected chi connectivity index (χ0v) is 12.5. The molecule has 0 radical (unpaired) electrons. The molecule has 1 aromatic heterocycles. The predicted molar refractivity (Wildman–Crippen MR) is 80.5 cm³/mol. The van der Waals surface area contributed by atoms with Gasteiger partial charge in [0.25, 0.3) is 0 Å². The van der Waals surface area contributed by atoms with E-state index in [2.05, 4.69) is 31.2 Å². The molecule has 0 spiro atoms. The van der Waals surface area contributed by atoms with Crippen LogP contribution in [0.2, 0.25) is 0 Å². The fourth-order valence-corrected chi connectivity index (χ4v) is 2.37. The zero-order chi connectivity index (χ0) is 14.3. The second-order valence-electron chi connectivity index (χ2n) is 4.96. The number of nitrogens with one attached hydrogen (secondary N) is 1. The number of nitrogens with zero attached hydrogens (tertiary/aromatic N) is 2. The second kappa shape index (κ2) is 5.01. The topological polar surface area (TPSA) is 63.8 Å². The Bertz CT molecular complexity index is 670. The molecule has 0 atom stereocenters. The molecular formula is C14H14BrFN4. The zero-order valence-electron chi connectivity index (χ0n) is 11.0. The van der Waals surface area contributed by atoms with E-state index in [0.717, 1.165) is 29.9 Å². The van der Waals surface area contributed by atoms with Gasteiger partial charge in [-0.2, -0.15) is 0 Å². The molecule has 1 fully saturated rings. The molecule has 1 aromatic carbocycles. The van der Waals surface area contributed by atoms with Gasteiger partial charge in [-0.3, -0.25) is 0 Å². The molecule has 0 amide bonds.